The number of benzene rings is 2. The number of urea groups is 1. The van der Waals surface area contributed by atoms with E-state index < -0.39 is 23.3 Å². The fourth-order valence-corrected chi connectivity index (χ4v) is 6.97. The Kier molecular flexibility index (Phi) is 7.56. The highest BCUT2D eigenvalue weighted by Gasteiger charge is 2.56. The summed E-state index contributed by atoms with van der Waals surface area (Å²) < 4.78 is 12.9. The van der Waals surface area contributed by atoms with Crippen LogP contribution in [-0.2, 0) is 29.0 Å². The number of aryl methyl sites for hydroxylation is 1. The van der Waals surface area contributed by atoms with Gasteiger partial charge in [-0.3, -0.25) is 19.7 Å². The van der Waals surface area contributed by atoms with Crippen molar-refractivity contribution < 1.29 is 23.9 Å². The molecule has 4 amide bonds. The summed E-state index contributed by atoms with van der Waals surface area (Å²) >= 11 is 0. The number of ether oxygens (including phenoxy) is 2. The van der Waals surface area contributed by atoms with E-state index in [1.165, 1.54) is 7.11 Å². The van der Waals surface area contributed by atoms with E-state index in [2.05, 4.69) is 10.2 Å². The van der Waals surface area contributed by atoms with Gasteiger partial charge in [-0.2, -0.15) is 0 Å². The number of pyridine rings is 1. The third kappa shape index (κ3) is 5.09. The smallest absolute Gasteiger partial charge is 0.335 e. The van der Waals surface area contributed by atoms with Crippen molar-refractivity contribution in [2.24, 2.45) is 11.3 Å². The van der Waals surface area contributed by atoms with Crippen LogP contribution in [-0.4, -0.2) is 61.2 Å². The van der Waals surface area contributed by atoms with Gasteiger partial charge < -0.3 is 18.9 Å². The molecule has 3 aliphatic rings. The van der Waals surface area contributed by atoms with E-state index >= 15 is 0 Å². The second-order valence-corrected chi connectivity index (χ2v) is 11.7. The Hall–Kier alpha value is -4.44. The predicted molar refractivity (Wildman–Crippen MR) is 161 cm³/mol. The Labute approximate surface area is 250 Å². The Morgan fingerprint density at radius 3 is 2.44 bits per heavy atom. The second kappa shape index (κ2) is 11.3. The number of rotatable bonds is 8. The number of nitrogens with one attached hydrogen (secondary N) is 1. The van der Waals surface area contributed by atoms with Crippen LogP contribution in [0.5, 0.6) is 11.5 Å². The maximum absolute atomic E-state index is 14.6. The number of nitrogens with zero attached hydrogens (tertiary/aromatic N) is 3. The number of amides is 4. The number of anilines is 1. The number of likely N-dealkylation sites (tertiary alicyclic amines) is 1. The average Bonchev–Trinajstić information content (AvgIpc) is 3.01. The molecular formula is C33H36N4O6. The maximum Gasteiger partial charge on any atom is 0.335 e. The van der Waals surface area contributed by atoms with Gasteiger partial charge in [-0.05, 0) is 54.2 Å². The molecule has 2 saturated heterocycles. The van der Waals surface area contributed by atoms with Gasteiger partial charge >= 0.3 is 6.03 Å². The van der Waals surface area contributed by atoms with E-state index in [9.17, 15) is 19.2 Å². The molecule has 6 rings (SSSR count). The Morgan fingerprint density at radius 2 is 1.72 bits per heavy atom. The zero-order valence-electron chi connectivity index (χ0n) is 24.7. The van der Waals surface area contributed by atoms with Gasteiger partial charge in [0, 0.05) is 56.3 Å². The molecule has 10 nitrogen and oxygen atoms in total. The molecular weight excluding hydrogens is 548 g/mol. The van der Waals surface area contributed by atoms with Crippen LogP contribution in [0.4, 0.5) is 10.5 Å². The number of barbiturate groups is 1. The molecule has 2 aromatic carbocycles. The van der Waals surface area contributed by atoms with E-state index in [0.717, 1.165) is 29.0 Å². The third-order valence-corrected chi connectivity index (χ3v) is 9.11. The van der Waals surface area contributed by atoms with Crippen LogP contribution < -0.4 is 25.2 Å². The molecule has 0 aliphatic carbocycles. The number of hydrogen-bond donors (Lipinski definition) is 1. The van der Waals surface area contributed by atoms with Gasteiger partial charge in [-0.25, -0.2) is 9.69 Å². The van der Waals surface area contributed by atoms with Crippen molar-refractivity contribution in [3.8, 4) is 11.5 Å². The maximum atomic E-state index is 14.6. The lowest BCUT2D eigenvalue weighted by Crippen LogP contribution is -2.68. The van der Waals surface area contributed by atoms with E-state index in [-0.39, 0.29) is 30.4 Å². The summed E-state index contributed by atoms with van der Waals surface area (Å²) in [6.45, 7) is 3.94. The molecule has 3 atom stereocenters. The van der Waals surface area contributed by atoms with Gasteiger partial charge in [0.05, 0.1) is 19.9 Å². The number of hydrogen-bond acceptors (Lipinski definition) is 7. The van der Waals surface area contributed by atoms with Crippen LogP contribution in [0.3, 0.4) is 0 Å². The SMILES string of the molecule is CCc1ccc(N2C(=O)NC(=O)[C@@](Cc3ccc(OC)cc3OC)(CN3C[C@H]4C[C@H](C3)c3cccc(=O)n3C4)C2=O)cc1. The van der Waals surface area contributed by atoms with Crippen LogP contribution in [0.15, 0.2) is 65.5 Å². The summed E-state index contributed by atoms with van der Waals surface area (Å²) in [5.74, 6) is 0.151. The third-order valence-electron chi connectivity index (χ3n) is 9.11. The van der Waals surface area contributed by atoms with Gasteiger partial charge in [-0.1, -0.05) is 31.2 Å². The van der Waals surface area contributed by atoms with Crippen LogP contribution in [0, 0.1) is 11.3 Å². The molecule has 2 bridgehead atoms. The molecule has 10 heteroatoms. The highest BCUT2D eigenvalue weighted by atomic mass is 16.5. The summed E-state index contributed by atoms with van der Waals surface area (Å²) in [6.07, 6.45) is 1.77. The van der Waals surface area contributed by atoms with Gasteiger partial charge in [0.25, 0.3) is 11.5 Å². The Morgan fingerprint density at radius 1 is 0.930 bits per heavy atom. The summed E-state index contributed by atoms with van der Waals surface area (Å²) in [4.78, 5) is 57.7. The van der Waals surface area contributed by atoms with E-state index in [0.29, 0.717) is 42.4 Å². The average molecular weight is 585 g/mol. The predicted octanol–water partition coefficient (Wildman–Crippen LogP) is 3.36. The summed E-state index contributed by atoms with van der Waals surface area (Å²) in [6, 6.07) is 17.1. The monoisotopic (exact) mass is 584 g/mol. The number of piperidine rings is 1. The lowest BCUT2D eigenvalue weighted by molar-refractivity contribution is -0.144. The Bertz CT molecular complexity index is 1630. The fourth-order valence-electron chi connectivity index (χ4n) is 6.97. The van der Waals surface area contributed by atoms with Crippen molar-refractivity contribution >= 4 is 23.5 Å². The zero-order chi connectivity index (χ0) is 30.3. The first-order valence-corrected chi connectivity index (χ1v) is 14.7. The van der Waals surface area contributed by atoms with Crippen LogP contribution in [0.1, 0.15) is 36.1 Å². The van der Waals surface area contributed by atoms with Crippen molar-refractivity contribution in [2.75, 3.05) is 38.8 Å². The number of imide groups is 2. The van der Waals surface area contributed by atoms with Crippen molar-refractivity contribution in [3.05, 3.63) is 87.8 Å². The van der Waals surface area contributed by atoms with Crippen LogP contribution in [0.2, 0.25) is 0 Å². The van der Waals surface area contributed by atoms with Crippen molar-refractivity contribution in [1.82, 2.24) is 14.8 Å². The van der Waals surface area contributed by atoms with E-state index in [1.807, 2.05) is 29.7 Å². The van der Waals surface area contributed by atoms with E-state index in [4.69, 9.17) is 9.47 Å². The summed E-state index contributed by atoms with van der Waals surface area (Å²) in [5, 5.41) is 2.51. The lowest BCUT2D eigenvalue weighted by atomic mass is 9.75. The molecule has 224 valence electrons. The minimum Gasteiger partial charge on any atom is -0.497 e. The first-order chi connectivity index (χ1) is 20.8. The van der Waals surface area contributed by atoms with Crippen LogP contribution in [0.25, 0.3) is 0 Å². The molecule has 3 aliphatic heterocycles. The number of fused-ring (bicyclic) bond motifs is 4. The fraction of sp³-hybridized carbons (Fsp3) is 0.394. The molecule has 1 aromatic heterocycles. The molecule has 0 unspecified atom stereocenters. The molecule has 0 spiro atoms. The summed E-state index contributed by atoms with van der Waals surface area (Å²) in [7, 11) is 3.09. The number of methoxy groups -OCH3 is 2. The van der Waals surface area contributed by atoms with Crippen LogP contribution >= 0.6 is 0 Å². The zero-order valence-corrected chi connectivity index (χ0v) is 24.7. The molecule has 4 heterocycles. The minimum atomic E-state index is -1.62. The normalized spacial score (nSPS) is 23.5. The van der Waals surface area contributed by atoms with Gasteiger partial charge in [0.15, 0.2) is 0 Å². The number of carbonyl (C=O) groups is 3. The highest BCUT2D eigenvalue weighted by Crippen LogP contribution is 2.40. The quantitative estimate of drug-likeness (QED) is 0.405. The van der Waals surface area contributed by atoms with E-state index in [1.54, 1.807) is 49.6 Å². The molecule has 2 fully saturated rings. The molecule has 0 saturated carbocycles. The number of aromatic nitrogens is 1. The molecule has 1 N–H and O–H groups in total. The number of carbonyl (C=O) groups excluding carboxylic acids is 3. The lowest BCUT2D eigenvalue weighted by Gasteiger charge is -2.47. The van der Waals surface area contributed by atoms with Gasteiger partial charge in [-0.15, -0.1) is 0 Å². The summed E-state index contributed by atoms with van der Waals surface area (Å²) in [5.41, 5.74) is 1.47. The van der Waals surface area contributed by atoms with Crippen molar-refractivity contribution in [3.63, 3.8) is 0 Å². The largest absolute Gasteiger partial charge is 0.497 e. The van der Waals surface area contributed by atoms with Crippen molar-refractivity contribution in [1.29, 1.82) is 0 Å². The molecule has 3 aromatic rings. The first-order valence-electron chi connectivity index (χ1n) is 14.7. The molecule has 0 radical (unpaired) electrons. The minimum absolute atomic E-state index is 0.00574. The highest BCUT2D eigenvalue weighted by molar-refractivity contribution is 6.30. The molecule has 43 heavy (non-hydrogen) atoms. The Balaban J connectivity index is 1.40. The first kappa shape index (κ1) is 28.7. The topological polar surface area (TPSA) is 110 Å². The standard InChI is InChI=1S/C33H36N4O6/c1-4-21-8-11-25(12-9-21)37-31(40)33(30(39)34-32(37)41,16-23-10-13-26(42-2)15-28(23)43-3)20-35-17-22-14-24(19-35)27-6-5-7-29(38)36(27)18-22/h5-13,15,22,24H,4,14,16-20H2,1-3H3,(H,34,39,41)/t22-,24-,33-/m1/s1. The van der Waals surface area contributed by atoms with Gasteiger partial charge in [0.2, 0.25) is 5.91 Å². The van der Waals surface area contributed by atoms with Crippen molar-refractivity contribution in [2.45, 2.75) is 38.6 Å². The second-order valence-electron chi connectivity index (χ2n) is 11.7. The van der Waals surface area contributed by atoms with Gasteiger partial charge in [0.1, 0.15) is 16.9 Å².